The molecule has 0 bridgehead atoms. The third-order valence-corrected chi connectivity index (χ3v) is 22.5. The monoisotopic (exact) mass is 458 g/mol. The number of fused-ring (bicyclic) bond motifs is 3. The van der Waals surface area contributed by atoms with Crippen LogP contribution in [0.1, 0.15) is 60.7 Å². The Morgan fingerprint density at radius 2 is 1.34 bits per heavy atom. The first kappa shape index (κ1) is 19.5. The second-order valence-electron chi connectivity index (χ2n) is 9.42. The first-order valence-electron chi connectivity index (χ1n) is 11.5. The molecule has 0 radical (unpaired) electrons. The first-order valence-corrected chi connectivity index (χ1v) is 17.1. The summed E-state index contributed by atoms with van der Waals surface area (Å²) in [4.78, 5) is 0. The summed E-state index contributed by atoms with van der Waals surface area (Å²) in [5.41, 5.74) is 7.99. The van der Waals surface area contributed by atoms with Crippen molar-refractivity contribution in [2.75, 3.05) is 0 Å². The van der Waals surface area contributed by atoms with Gasteiger partial charge in [0, 0.05) is 0 Å². The molecule has 0 nitrogen and oxygen atoms in total. The summed E-state index contributed by atoms with van der Waals surface area (Å²) in [6.07, 6.45) is 16.6. The van der Waals surface area contributed by atoms with Crippen molar-refractivity contribution in [2.45, 2.75) is 56.8 Å². The van der Waals surface area contributed by atoms with E-state index in [0.717, 1.165) is 3.63 Å². The van der Waals surface area contributed by atoms with Gasteiger partial charge in [0.2, 0.25) is 0 Å². The van der Waals surface area contributed by atoms with E-state index in [2.05, 4.69) is 90.5 Å². The van der Waals surface area contributed by atoms with Crippen molar-refractivity contribution < 1.29 is 20.3 Å². The average Bonchev–Trinajstić information content (AvgIpc) is 3.40. The molecule has 2 aromatic carbocycles. The Morgan fingerprint density at radius 3 is 1.90 bits per heavy atom. The molecule has 1 unspecified atom stereocenters. The Kier molecular flexibility index (Phi) is 5.38. The summed E-state index contributed by atoms with van der Waals surface area (Å²) in [5.74, 6) is 0. The van der Waals surface area contributed by atoms with Crippen molar-refractivity contribution in [1.29, 1.82) is 0 Å². The third kappa shape index (κ3) is 3.21. The van der Waals surface area contributed by atoms with Gasteiger partial charge in [-0.1, -0.05) is 0 Å². The molecule has 0 heterocycles. The summed E-state index contributed by atoms with van der Waals surface area (Å²) in [5, 5.41) is 0. The fraction of sp³-hybridized carbons (Fsp3) is 0.357. The molecule has 1 fully saturated rings. The van der Waals surface area contributed by atoms with Crippen molar-refractivity contribution in [3.63, 3.8) is 0 Å². The van der Waals surface area contributed by atoms with E-state index in [-0.39, 0.29) is 0 Å². The van der Waals surface area contributed by atoms with Crippen LogP contribution < -0.4 is 0 Å². The Morgan fingerprint density at radius 1 is 0.793 bits per heavy atom. The van der Waals surface area contributed by atoms with E-state index >= 15 is 0 Å². The minimum atomic E-state index is -2.96. The second-order valence-corrected chi connectivity index (χ2v) is 20.9. The zero-order valence-corrected chi connectivity index (χ0v) is 20.2. The van der Waals surface area contributed by atoms with E-state index in [1.54, 1.807) is 16.7 Å². The van der Waals surface area contributed by atoms with E-state index in [0.29, 0.717) is 7.25 Å². The molecule has 0 spiro atoms. The molecule has 1 atom stereocenters. The predicted molar refractivity (Wildman–Crippen MR) is 122 cm³/mol. The minimum absolute atomic E-state index is 0.614. The maximum absolute atomic E-state index is 2.96. The van der Waals surface area contributed by atoms with Crippen LogP contribution in [-0.2, 0) is 20.3 Å². The van der Waals surface area contributed by atoms with Gasteiger partial charge in [0.1, 0.15) is 0 Å². The van der Waals surface area contributed by atoms with Gasteiger partial charge in [-0.3, -0.25) is 0 Å². The molecule has 5 rings (SSSR count). The van der Waals surface area contributed by atoms with Crippen LogP contribution in [-0.4, -0.2) is 0 Å². The van der Waals surface area contributed by atoms with Crippen LogP contribution in [0.4, 0.5) is 0 Å². The van der Waals surface area contributed by atoms with Gasteiger partial charge in [0.25, 0.3) is 0 Å². The molecular weight excluding hydrogens is 428 g/mol. The van der Waals surface area contributed by atoms with Crippen LogP contribution in [0.3, 0.4) is 0 Å². The molecule has 29 heavy (non-hydrogen) atoms. The second kappa shape index (κ2) is 7.99. The van der Waals surface area contributed by atoms with Gasteiger partial charge in [0.05, 0.1) is 0 Å². The summed E-state index contributed by atoms with van der Waals surface area (Å²) in [6.45, 7) is 5.08. The van der Waals surface area contributed by atoms with E-state index in [4.69, 9.17) is 0 Å². The Labute approximate surface area is 180 Å². The van der Waals surface area contributed by atoms with Crippen LogP contribution in [0.2, 0.25) is 7.25 Å². The Bertz CT molecular complexity index is 927. The molecule has 148 valence electrons. The summed E-state index contributed by atoms with van der Waals surface area (Å²) in [6, 6.07) is 18.6. The van der Waals surface area contributed by atoms with Crippen LogP contribution in [0.15, 0.2) is 82.2 Å². The molecule has 0 amide bonds. The van der Waals surface area contributed by atoms with E-state index < -0.39 is 20.3 Å². The van der Waals surface area contributed by atoms with Crippen LogP contribution >= 0.6 is 0 Å². The van der Waals surface area contributed by atoms with Gasteiger partial charge in [-0.2, -0.15) is 0 Å². The summed E-state index contributed by atoms with van der Waals surface area (Å²) in [7, 11) is 0. The van der Waals surface area contributed by atoms with Crippen LogP contribution in [0.5, 0.6) is 0 Å². The zero-order chi connectivity index (χ0) is 19.8. The molecule has 0 aromatic heterocycles. The molecule has 1 saturated carbocycles. The number of hydrogen-bond acceptors (Lipinski definition) is 0. The molecule has 0 saturated heterocycles. The Hall–Kier alpha value is -1.46. The molecule has 0 aliphatic heterocycles. The molecule has 1 heteroatoms. The average molecular weight is 460 g/mol. The van der Waals surface area contributed by atoms with Crippen molar-refractivity contribution >= 4 is 0 Å². The van der Waals surface area contributed by atoms with E-state index in [1.165, 1.54) is 43.2 Å². The summed E-state index contributed by atoms with van der Waals surface area (Å²) < 4.78 is 4.99. The predicted octanol–water partition coefficient (Wildman–Crippen LogP) is 8.50. The van der Waals surface area contributed by atoms with E-state index in [1.807, 2.05) is 0 Å². The van der Waals surface area contributed by atoms with Gasteiger partial charge < -0.3 is 0 Å². The van der Waals surface area contributed by atoms with Crippen LogP contribution in [0, 0.1) is 0 Å². The van der Waals surface area contributed by atoms with E-state index in [9.17, 15) is 0 Å². The van der Waals surface area contributed by atoms with Gasteiger partial charge >= 0.3 is 182 Å². The number of benzene rings is 2. The number of rotatable bonds is 4. The van der Waals surface area contributed by atoms with Crippen LogP contribution in [0.25, 0.3) is 11.1 Å². The van der Waals surface area contributed by atoms with Gasteiger partial charge in [-0.15, -0.1) is 0 Å². The van der Waals surface area contributed by atoms with Crippen molar-refractivity contribution in [3.05, 3.63) is 93.3 Å². The molecule has 2 aromatic rings. The molecule has 0 N–H and O–H groups in total. The Balaban J connectivity index is 1.77. The molecule has 3 aliphatic carbocycles. The van der Waals surface area contributed by atoms with Crippen molar-refractivity contribution in [1.82, 2.24) is 0 Å². The third-order valence-electron chi connectivity index (χ3n) is 7.61. The molecular formula is C28H32Zr. The van der Waals surface area contributed by atoms with Gasteiger partial charge in [-0.25, -0.2) is 0 Å². The SMILES string of the molecule is C[CH](C)[Zr]([CH]=C1CCCCC1)([CH]1C=CC=C1)[CH]1c2ccccc2-c2ccccc21. The van der Waals surface area contributed by atoms with Gasteiger partial charge in [0.15, 0.2) is 0 Å². The standard InChI is InChI=1S/C13H9.C7H11.C5H5.C3H7.Zr/c1-3-7-12-10(5-1)9-11-6-2-4-8-13(11)12;1-7-5-3-2-4-6-7;1-2-4-5-3-1;1-3-2;/h1-9H;1H,2-6H2;1-5H;3H,1-2H3;. The number of hydrogen-bond donors (Lipinski definition) is 0. The summed E-state index contributed by atoms with van der Waals surface area (Å²) >= 11 is -2.96. The molecule has 3 aliphatic rings. The van der Waals surface area contributed by atoms with Gasteiger partial charge in [-0.05, 0) is 0 Å². The first-order chi connectivity index (χ1) is 14.2. The fourth-order valence-electron chi connectivity index (χ4n) is 6.22. The number of allylic oxidation sites excluding steroid dienone is 5. The normalized spacial score (nSPS) is 20.7. The quantitative estimate of drug-likeness (QED) is 0.430. The maximum atomic E-state index is 2.96. The van der Waals surface area contributed by atoms with Crippen molar-refractivity contribution in [3.8, 4) is 11.1 Å². The van der Waals surface area contributed by atoms with Crippen molar-refractivity contribution in [2.24, 2.45) is 0 Å². The zero-order valence-electron chi connectivity index (χ0n) is 17.8. The fourth-order valence-corrected chi connectivity index (χ4v) is 20.9. The topological polar surface area (TPSA) is 0 Å².